The van der Waals surface area contributed by atoms with E-state index in [9.17, 15) is 4.79 Å². The molecule has 0 saturated heterocycles. The Morgan fingerprint density at radius 1 is 0.900 bits per heavy atom. The van der Waals surface area contributed by atoms with E-state index in [0.29, 0.717) is 17.8 Å². The van der Waals surface area contributed by atoms with E-state index < -0.39 is 0 Å². The van der Waals surface area contributed by atoms with Gasteiger partial charge in [-0.25, -0.2) is 0 Å². The lowest BCUT2D eigenvalue weighted by molar-refractivity contribution is -0.108. The Bertz CT molecular complexity index is 1220. The molecule has 0 unspecified atom stereocenters. The summed E-state index contributed by atoms with van der Waals surface area (Å²) in [7, 11) is 0. The van der Waals surface area contributed by atoms with Crippen molar-refractivity contribution in [3.63, 3.8) is 0 Å². The Balaban J connectivity index is 0.000000128. The molecule has 2 aliphatic rings. The van der Waals surface area contributed by atoms with Gasteiger partial charge in [0.25, 0.3) is 0 Å². The maximum Gasteiger partial charge on any atom is 0.134 e. The van der Waals surface area contributed by atoms with Gasteiger partial charge in [-0.2, -0.15) is 0 Å². The summed E-state index contributed by atoms with van der Waals surface area (Å²) in [6, 6.07) is 16.6. The average Bonchev–Trinajstić information content (AvgIpc) is 3.62. The van der Waals surface area contributed by atoms with Crippen LogP contribution in [0.2, 0.25) is 0 Å². The van der Waals surface area contributed by atoms with E-state index in [1.54, 1.807) is 0 Å². The van der Waals surface area contributed by atoms with E-state index in [2.05, 4.69) is 30.3 Å². The van der Waals surface area contributed by atoms with Crippen LogP contribution in [0.25, 0.3) is 21.9 Å². The zero-order chi connectivity index (χ0) is 20.8. The highest BCUT2D eigenvalue weighted by molar-refractivity contribution is 5.84. The van der Waals surface area contributed by atoms with Crippen LogP contribution in [0, 0.1) is 25.7 Å². The molecule has 2 saturated carbocycles. The molecule has 2 aromatic heterocycles. The van der Waals surface area contributed by atoms with Crippen molar-refractivity contribution in [3.05, 3.63) is 71.2 Å². The first-order valence-corrected chi connectivity index (χ1v) is 10.7. The van der Waals surface area contributed by atoms with E-state index in [1.165, 1.54) is 28.3 Å². The fraction of sp³-hybridized carbons (Fsp3) is 0.346. The lowest BCUT2D eigenvalue weighted by Crippen LogP contribution is -2.01. The molecule has 4 aromatic rings. The van der Waals surface area contributed by atoms with Crippen LogP contribution in [0.15, 0.2) is 57.4 Å². The monoisotopic (exact) mass is 401 g/mol. The highest BCUT2D eigenvalue weighted by Gasteiger charge is 2.39. The molecule has 2 N–H and O–H groups in total. The molecule has 2 fully saturated rings. The number of hydrogen-bond acceptors (Lipinski definition) is 4. The van der Waals surface area contributed by atoms with Crippen molar-refractivity contribution in [2.24, 2.45) is 17.6 Å². The van der Waals surface area contributed by atoms with Gasteiger partial charge in [0.05, 0.1) is 0 Å². The first-order valence-electron chi connectivity index (χ1n) is 10.7. The zero-order valence-corrected chi connectivity index (χ0v) is 17.4. The smallest absolute Gasteiger partial charge is 0.134 e. The third-order valence-electron chi connectivity index (χ3n) is 6.48. The molecule has 2 aliphatic carbocycles. The van der Waals surface area contributed by atoms with Crippen LogP contribution in [0.4, 0.5) is 0 Å². The average molecular weight is 402 g/mol. The van der Waals surface area contributed by atoms with Crippen molar-refractivity contribution in [1.82, 2.24) is 0 Å². The number of carbonyl (C=O) groups is 1. The molecule has 0 aliphatic heterocycles. The Labute approximate surface area is 176 Å². The number of nitrogens with two attached hydrogens (primary N) is 1. The van der Waals surface area contributed by atoms with Gasteiger partial charge in [-0.05, 0) is 86.4 Å². The van der Waals surface area contributed by atoms with Gasteiger partial charge in [-0.1, -0.05) is 24.3 Å². The molecule has 0 amide bonds. The SMILES string of the molecule is Cc1cc2c([C@@H]3C[C@H]3C=O)cccc2o1.Cc1cc2c([C@@H]3C[C@H]3CN)cccc2o1. The van der Waals surface area contributed by atoms with Crippen molar-refractivity contribution in [1.29, 1.82) is 0 Å². The number of aldehydes is 1. The molecule has 4 heteroatoms. The van der Waals surface area contributed by atoms with Crippen LogP contribution >= 0.6 is 0 Å². The molecule has 30 heavy (non-hydrogen) atoms. The van der Waals surface area contributed by atoms with Gasteiger partial charge in [0.15, 0.2) is 0 Å². The lowest BCUT2D eigenvalue weighted by atomic mass is 10.0. The molecular weight excluding hydrogens is 374 g/mol. The second kappa shape index (κ2) is 7.44. The van der Waals surface area contributed by atoms with Gasteiger partial charge < -0.3 is 19.4 Å². The zero-order valence-electron chi connectivity index (χ0n) is 17.4. The quantitative estimate of drug-likeness (QED) is 0.436. The molecule has 0 radical (unpaired) electrons. The summed E-state index contributed by atoms with van der Waals surface area (Å²) >= 11 is 0. The van der Waals surface area contributed by atoms with Crippen molar-refractivity contribution >= 4 is 28.2 Å². The number of benzene rings is 2. The van der Waals surface area contributed by atoms with E-state index in [0.717, 1.165) is 41.9 Å². The largest absolute Gasteiger partial charge is 0.461 e. The maximum atomic E-state index is 10.7. The van der Waals surface area contributed by atoms with E-state index >= 15 is 0 Å². The molecule has 154 valence electrons. The van der Waals surface area contributed by atoms with Crippen LogP contribution < -0.4 is 5.73 Å². The predicted octanol–water partition coefficient (Wildman–Crippen LogP) is 5.85. The molecule has 4 atom stereocenters. The van der Waals surface area contributed by atoms with Gasteiger partial charge in [-0.15, -0.1) is 0 Å². The van der Waals surface area contributed by atoms with Crippen molar-refractivity contribution < 1.29 is 13.6 Å². The predicted molar refractivity (Wildman–Crippen MR) is 119 cm³/mol. The van der Waals surface area contributed by atoms with Gasteiger partial charge in [0.1, 0.15) is 29.0 Å². The minimum atomic E-state index is 0.228. The number of aryl methyl sites for hydroxylation is 2. The summed E-state index contributed by atoms with van der Waals surface area (Å²) in [4.78, 5) is 10.7. The summed E-state index contributed by atoms with van der Waals surface area (Å²) in [6.07, 6.45) is 3.29. The number of hydrogen-bond donors (Lipinski definition) is 1. The fourth-order valence-electron chi connectivity index (χ4n) is 4.68. The Kier molecular flexibility index (Phi) is 4.75. The van der Waals surface area contributed by atoms with Crippen LogP contribution in [0.1, 0.15) is 47.3 Å². The third kappa shape index (κ3) is 3.46. The Morgan fingerprint density at radius 3 is 1.93 bits per heavy atom. The summed E-state index contributed by atoms with van der Waals surface area (Å²) in [5.41, 5.74) is 10.3. The fourth-order valence-corrected chi connectivity index (χ4v) is 4.68. The maximum absolute atomic E-state index is 10.7. The minimum absolute atomic E-state index is 0.228. The Morgan fingerprint density at radius 2 is 1.47 bits per heavy atom. The first kappa shape index (κ1) is 19.1. The molecule has 6 rings (SSSR count). The number of furan rings is 2. The lowest BCUT2D eigenvalue weighted by Gasteiger charge is -2.00. The highest BCUT2D eigenvalue weighted by atomic mass is 16.3. The number of carbonyl (C=O) groups excluding carboxylic acids is 1. The van der Waals surface area contributed by atoms with E-state index in [-0.39, 0.29) is 5.92 Å². The summed E-state index contributed by atoms with van der Waals surface area (Å²) in [5, 5.41) is 2.44. The van der Waals surface area contributed by atoms with Crippen LogP contribution in [0.5, 0.6) is 0 Å². The molecule has 4 nitrogen and oxygen atoms in total. The summed E-state index contributed by atoms with van der Waals surface area (Å²) in [6.45, 7) is 4.75. The topological polar surface area (TPSA) is 69.4 Å². The second-order valence-corrected chi connectivity index (χ2v) is 8.71. The normalized spacial score (nSPS) is 24.5. The van der Waals surface area contributed by atoms with Gasteiger partial charge in [0.2, 0.25) is 0 Å². The van der Waals surface area contributed by atoms with Crippen LogP contribution in [-0.2, 0) is 4.79 Å². The second-order valence-electron chi connectivity index (χ2n) is 8.71. The van der Waals surface area contributed by atoms with Crippen molar-refractivity contribution in [3.8, 4) is 0 Å². The number of rotatable bonds is 4. The molecule has 2 aromatic carbocycles. The van der Waals surface area contributed by atoms with E-state index in [1.807, 2.05) is 32.0 Å². The van der Waals surface area contributed by atoms with Crippen LogP contribution in [0.3, 0.4) is 0 Å². The van der Waals surface area contributed by atoms with Gasteiger partial charge in [0, 0.05) is 16.7 Å². The third-order valence-corrected chi connectivity index (χ3v) is 6.48. The van der Waals surface area contributed by atoms with Gasteiger partial charge in [-0.3, -0.25) is 0 Å². The summed E-state index contributed by atoms with van der Waals surface area (Å²) in [5.74, 6) is 3.92. The standard InChI is InChI=1S/C13H15NO.C13H12O2/c2*1-8-5-12-10(11-6-9(11)7-14)3-2-4-13(12)15-8/h2-5,9,11H,6-7,14H2,1H3;2-5,7,9,11H,6H2,1H3/t2*9-,11+/m00/s1. The summed E-state index contributed by atoms with van der Waals surface area (Å²) < 4.78 is 11.2. The van der Waals surface area contributed by atoms with Crippen molar-refractivity contribution in [2.45, 2.75) is 38.5 Å². The number of fused-ring (bicyclic) bond motifs is 2. The van der Waals surface area contributed by atoms with Crippen LogP contribution in [-0.4, -0.2) is 12.8 Å². The molecular formula is C26H27NO3. The van der Waals surface area contributed by atoms with E-state index in [4.69, 9.17) is 14.6 Å². The Hall–Kier alpha value is -2.85. The van der Waals surface area contributed by atoms with Crippen molar-refractivity contribution in [2.75, 3.05) is 6.54 Å². The molecule has 2 heterocycles. The molecule has 0 spiro atoms. The first-order chi connectivity index (χ1) is 14.6. The highest BCUT2D eigenvalue weighted by Crippen LogP contribution is 2.49. The van der Waals surface area contributed by atoms with Gasteiger partial charge >= 0.3 is 0 Å². The minimum Gasteiger partial charge on any atom is -0.461 e. The molecule has 0 bridgehead atoms.